The second-order valence-corrected chi connectivity index (χ2v) is 6.72. The number of nitrogens with zero attached hydrogens (tertiary/aromatic N) is 1. The van der Waals surface area contributed by atoms with Gasteiger partial charge in [-0.15, -0.1) is 0 Å². The maximum atomic E-state index is 11.5. The number of aryl methyl sites for hydroxylation is 1. The van der Waals surface area contributed by atoms with Gasteiger partial charge in [0.15, 0.2) is 15.8 Å². The molecule has 104 valence electrons. The molecule has 0 atom stereocenters. The SMILES string of the molecule is Cc1cc(CNC2=NCCCN2)ccc1S(C)(=O)=O. The zero-order chi connectivity index (χ0) is 13.9. The monoisotopic (exact) mass is 281 g/mol. The van der Waals surface area contributed by atoms with Gasteiger partial charge in [-0.3, -0.25) is 4.99 Å². The number of guanidine groups is 1. The Morgan fingerprint density at radius 2 is 2.21 bits per heavy atom. The molecular weight excluding hydrogens is 262 g/mol. The molecular formula is C13H19N3O2S. The number of hydrogen-bond donors (Lipinski definition) is 2. The lowest BCUT2D eigenvalue weighted by molar-refractivity contribution is 0.601. The molecule has 1 aromatic carbocycles. The molecule has 2 N–H and O–H groups in total. The van der Waals surface area contributed by atoms with E-state index in [1.807, 2.05) is 19.1 Å². The van der Waals surface area contributed by atoms with Gasteiger partial charge in [0.05, 0.1) is 4.90 Å². The van der Waals surface area contributed by atoms with E-state index in [9.17, 15) is 8.42 Å². The summed E-state index contributed by atoms with van der Waals surface area (Å²) in [5.74, 6) is 0.816. The summed E-state index contributed by atoms with van der Waals surface area (Å²) >= 11 is 0. The van der Waals surface area contributed by atoms with Crippen molar-refractivity contribution in [2.24, 2.45) is 4.99 Å². The van der Waals surface area contributed by atoms with E-state index in [0.29, 0.717) is 11.4 Å². The Kier molecular flexibility index (Phi) is 4.09. The molecule has 0 saturated heterocycles. The van der Waals surface area contributed by atoms with Gasteiger partial charge in [0, 0.05) is 25.9 Å². The van der Waals surface area contributed by atoms with E-state index < -0.39 is 9.84 Å². The largest absolute Gasteiger partial charge is 0.356 e. The second-order valence-electron chi connectivity index (χ2n) is 4.74. The fraction of sp³-hybridized carbons (Fsp3) is 0.462. The predicted molar refractivity (Wildman–Crippen MR) is 76.1 cm³/mol. The van der Waals surface area contributed by atoms with Gasteiger partial charge in [0.1, 0.15) is 0 Å². The van der Waals surface area contributed by atoms with Crippen LogP contribution in [-0.4, -0.2) is 33.7 Å². The van der Waals surface area contributed by atoms with Gasteiger partial charge in [-0.25, -0.2) is 8.42 Å². The Balaban J connectivity index is 2.06. The van der Waals surface area contributed by atoms with Crippen molar-refractivity contribution in [3.8, 4) is 0 Å². The fourth-order valence-electron chi connectivity index (χ4n) is 2.07. The molecule has 0 amide bonds. The number of rotatable bonds is 3. The molecule has 0 saturated carbocycles. The van der Waals surface area contributed by atoms with E-state index in [2.05, 4.69) is 15.6 Å². The summed E-state index contributed by atoms with van der Waals surface area (Å²) in [5, 5.41) is 6.40. The van der Waals surface area contributed by atoms with Crippen LogP contribution in [0, 0.1) is 6.92 Å². The molecule has 1 heterocycles. The third-order valence-electron chi connectivity index (χ3n) is 3.00. The molecule has 1 aromatic rings. The van der Waals surface area contributed by atoms with Crippen LogP contribution < -0.4 is 10.6 Å². The smallest absolute Gasteiger partial charge is 0.191 e. The maximum absolute atomic E-state index is 11.5. The minimum Gasteiger partial charge on any atom is -0.356 e. The highest BCUT2D eigenvalue weighted by atomic mass is 32.2. The van der Waals surface area contributed by atoms with Crippen LogP contribution in [0.4, 0.5) is 0 Å². The third kappa shape index (κ3) is 3.70. The van der Waals surface area contributed by atoms with Gasteiger partial charge in [-0.2, -0.15) is 0 Å². The van der Waals surface area contributed by atoms with Crippen LogP contribution in [0.25, 0.3) is 0 Å². The summed E-state index contributed by atoms with van der Waals surface area (Å²) in [6, 6.07) is 5.39. The first-order valence-electron chi connectivity index (χ1n) is 6.28. The van der Waals surface area contributed by atoms with Crippen LogP contribution in [0.3, 0.4) is 0 Å². The van der Waals surface area contributed by atoms with Crippen molar-refractivity contribution in [2.45, 2.75) is 24.8 Å². The summed E-state index contributed by atoms with van der Waals surface area (Å²) < 4.78 is 23.1. The van der Waals surface area contributed by atoms with Crippen LogP contribution in [0.1, 0.15) is 17.5 Å². The maximum Gasteiger partial charge on any atom is 0.191 e. The van der Waals surface area contributed by atoms with Crippen LogP contribution in [0.2, 0.25) is 0 Å². The molecule has 0 aromatic heterocycles. The van der Waals surface area contributed by atoms with Crippen molar-refractivity contribution in [3.63, 3.8) is 0 Å². The first kappa shape index (κ1) is 13.9. The van der Waals surface area contributed by atoms with E-state index in [-0.39, 0.29) is 0 Å². The van der Waals surface area contributed by atoms with Crippen molar-refractivity contribution in [1.82, 2.24) is 10.6 Å². The lowest BCUT2D eigenvalue weighted by atomic mass is 10.1. The molecule has 19 heavy (non-hydrogen) atoms. The number of benzene rings is 1. The van der Waals surface area contributed by atoms with Gasteiger partial charge in [0.2, 0.25) is 0 Å². The van der Waals surface area contributed by atoms with E-state index in [0.717, 1.165) is 36.6 Å². The molecule has 1 aliphatic heterocycles. The zero-order valence-electron chi connectivity index (χ0n) is 11.2. The zero-order valence-corrected chi connectivity index (χ0v) is 12.0. The molecule has 6 heteroatoms. The van der Waals surface area contributed by atoms with Gasteiger partial charge in [-0.05, 0) is 30.5 Å². The van der Waals surface area contributed by atoms with Crippen LogP contribution >= 0.6 is 0 Å². The predicted octanol–water partition coefficient (Wildman–Crippen LogP) is 0.837. The highest BCUT2D eigenvalue weighted by molar-refractivity contribution is 7.90. The minimum absolute atomic E-state index is 0.393. The molecule has 5 nitrogen and oxygen atoms in total. The average Bonchev–Trinajstić information content (AvgIpc) is 2.36. The molecule has 0 bridgehead atoms. The van der Waals surface area contributed by atoms with Gasteiger partial charge < -0.3 is 10.6 Å². The normalized spacial score (nSPS) is 15.6. The summed E-state index contributed by atoms with van der Waals surface area (Å²) in [5.41, 5.74) is 1.82. The molecule has 1 aliphatic rings. The molecule has 0 radical (unpaired) electrons. The lowest BCUT2D eigenvalue weighted by Crippen LogP contribution is -2.40. The Hall–Kier alpha value is -1.56. The summed E-state index contributed by atoms with van der Waals surface area (Å²) in [6.45, 7) is 4.24. The number of hydrogen-bond acceptors (Lipinski definition) is 5. The Morgan fingerprint density at radius 3 is 2.79 bits per heavy atom. The van der Waals surface area contributed by atoms with E-state index in [1.165, 1.54) is 6.26 Å². The van der Waals surface area contributed by atoms with E-state index >= 15 is 0 Å². The molecule has 0 spiro atoms. The average molecular weight is 281 g/mol. The van der Waals surface area contributed by atoms with Crippen LogP contribution in [0.15, 0.2) is 28.1 Å². The van der Waals surface area contributed by atoms with Crippen LogP contribution in [-0.2, 0) is 16.4 Å². The molecule has 0 aliphatic carbocycles. The molecule has 0 fully saturated rings. The Bertz CT molecular complexity index is 594. The highest BCUT2D eigenvalue weighted by Gasteiger charge is 2.11. The van der Waals surface area contributed by atoms with Crippen molar-refractivity contribution in [3.05, 3.63) is 29.3 Å². The number of sulfone groups is 1. The van der Waals surface area contributed by atoms with Gasteiger partial charge in [0.25, 0.3) is 0 Å². The number of nitrogens with one attached hydrogen (secondary N) is 2. The van der Waals surface area contributed by atoms with Crippen molar-refractivity contribution in [1.29, 1.82) is 0 Å². The number of aliphatic imine (C=N–C) groups is 1. The molecule has 2 rings (SSSR count). The van der Waals surface area contributed by atoms with Gasteiger partial charge in [-0.1, -0.05) is 12.1 Å². The van der Waals surface area contributed by atoms with Crippen LogP contribution in [0.5, 0.6) is 0 Å². The Morgan fingerprint density at radius 1 is 1.42 bits per heavy atom. The standard InChI is InChI=1S/C13H19N3O2S/c1-10-8-11(4-5-12(10)19(2,17)18)9-16-13-14-6-3-7-15-13/h4-5,8H,3,6-7,9H2,1-2H3,(H2,14,15,16). The van der Waals surface area contributed by atoms with Gasteiger partial charge >= 0.3 is 0 Å². The minimum atomic E-state index is -3.14. The summed E-state index contributed by atoms with van der Waals surface area (Å²) in [7, 11) is -3.14. The first-order valence-corrected chi connectivity index (χ1v) is 8.18. The summed E-state index contributed by atoms with van der Waals surface area (Å²) in [4.78, 5) is 4.72. The summed E-state index contributed by atoms with van der Waals surface area (Å²) in [6.07, 6.45) is 2.29. The fourth-order valence-corrected chi connectivity index (χ4v) is 3.03. The van der Waals surface area contributed by atoms with Crippen molar-refractivity contribution in [2.75, 3.05) is 19.3 Å². The van der Waals surface area contributed by atoms with Crippen molar-refractivity contribution >= 4 is 15.8 Å². The third-order valence-corrected chi connectivity index (χ3v) is 4.25. The highest BCUT2D eigenvalue weighted by Crippen LogP contribution is 2.16. The van der Waals surface area contributed by atoms with E-state index in [1.54, 1.807) is 6.07 Å². The quantitative estimate of drug-likeness (QED) is 0.861. The molecule has 0 unspecified atom stereocenters. The Labute approximate surface area is 114 Å². The second kappa shape index (κ2) is 5.61. The van der Waals surface area contributed by atoms with Crippen molar-refractivity contribution < 1.29 is 8.42 Å². The lowest BCUT2D eigenvalue weighted by Gasteiger charge is -2.16. The first-order chi connectivity index (χ1) is 8.97. The van der Waals surface area contributed by atoms with E-state index in [4.69, 9.17) is 0 Å². The topological polar surface area (TPSA) is 70.6 Å².